The molecule has 2 atom stereocenters. The second kappa shape index (κ2) is 2.54. The van der Waals surface area contributed by atoms with E-state index in [0.29, 0.717) is 5.41 Å². The summed E-state index contributed by atoms with van der Waals surface area (Å²) in [7, 11) is 0. The van der Waals surface area contributed by atoms with Gasteiger partial charge in [0.2, 0.25) is 0 Å². The van der Waals surface area contributed by atoms with Crippen LogP contribution in [-0.2, 0) is 0 Å². The number of hydrogen-bond acceptors (Lipinski definition) is 1. The molecule has 1 N–H and O–H groups in total. The standard InChI is InChI=1S/C9H19N/c1-7-5-8(10-6-7)9(2,3)4/h7-8,10H,5-6H2,1-4H3/t7-,8-/m0/s1. The van der Waals surface area contributed by atoms with Gasteiger partial charge in [0.1, 0.15) is 0 Å². The molecule has 0 amide bonds. The molecule has 0 bridgehead atoms. The second-order valence-electron chi connectivity index (χ2n) is 4.67. The summed E-state index contributed by atoms with van der Waals surface area (Å²) >= 11 is 0. The van der Waals surface area contributed by atoms with Crippen molar-refractivity contribution < 1.29 is 0 Å². The average Bonchev–Trinajstić information content (AvgIpc) is 2.11. The van der Waals surface area contributed by atoms with Gasteiger partial charge in [0.25, 0.3) is 0 Å². The highest BCUT2D eigenvalue weighted by Gasteiger charge is 2.30. The molecule has 1 heteroatoms. The van der Waals surface area contributed by atoms with E-state index in [2.05, 4.69) is 33.0 Å². The Morgan fingerprint density at radius 3 is 2.10 bits per heavy atom. The molecule has 1 heterocycles. The molecule has 0 aromatic rings. The Hall–Kier alpha value is -0.0400. The molecular weight excluding hydrogens is 122 g/mol. The van der Waals surface area contributed by atoms with E-state index in [9.17, 15) is 0 Å². The van der Waals surface area contributed by atoms with Crippen molar-refractivity contribution in [3.05, 3.63) is 0 Å². The first-order chi connectivity index (χ1) is 4.50. The minimum atomic E-state index is 0.449. The van der Waals surface area contributed by atoms with Crippen LogP contribution in [0, 0.1) is 11.3 Å². The molecule has 10 heavy (non-hydrogen) atoms. The fraction of sp³-hybridized carbons (Fsp3) is 1.00. The Bertz CT molecular complexity index is 112. The SMILES string of the molecule is C[C@@H]1CN[C@H](C(C)(C)C)C1. The van der Waals surface area contributed by atoms with Gasteiger partial charge in [0.05, 0.1) is 0 Å². The molecule has 0 unspecified atom stereocenters. The Morgan fingerprint density at radius 2 is 1.90 bits per heavy atom. The number of hydrogen-bond donors (Lipinski definition) is 1. The summed E-state index contributed by atoms with van der Waals surface area (Å²) in [6, 6.07) is 0.738. The van der Waals surface area contributed by atoms with Crippen LogP contribution in [0.25, 0.3) is 0 Å². The van der Waals surface area contributed by atoms with E-state index < -0.39 is 0 Å². The maximum Gasteiger partial charge on any atom is 0.0119 e. The third-order valence-corrected chi connectivity index (χ3v) is 2.40. The minimum absolute atomic E-state index is 0.449. The Kier molecular flexibility index (Phi) is 2.04. The first-order valence-electron chi connectivity index (χ1n) is 4.23. The van der Waals surface area contributed by atoms with Gasteiger partial charge in [0.15, 0.2) is 0 Å². The minimum Gasteiger partial charge on any atom is -0.313 e. The molecular formula is C9H19N. The number of rotatable bonds is 0. The van der Waals surface area contributed by atoms with Crippen LogP contribution in [0.15, 0.2) is 0 Å². The van der Waals surface area contributed by atoms with Gasteiger partial charge in [-0.3, -0.25) is 0 Å². The molecule has 1 saturated heterocycles. The van der Waals surface area contributed by atoms with Crippen molar-refractivity contribution in [3.63, 3.8) is 0 Å². The van der Waals surface area contributed by atoms with E-state index in [1.54, 1.807) is 0 Å². The zero-order valence-electron chi connectivity index (χ0n) is 7.57. The quantitative estimate of drug-likeness (QED) is 0.544. The van der Waals surface area contributed by atoms with Gasteiger partial charge in [-0.2, -0.15) is 0 Å². The van der Waals surface area contributed by atoms with E-state index in [-0.39, 0.29) is 0 Å². The summed E-state index contributed by atoms with van der Waals surface area (Å²) < 4.78 is 0. The maximum atomic E-state index is 3.55. The van der Waals surface area contributed by atoms with Gasteiger partial charge in [-0.1, -0.05) is 27.7 Å². The Labute approximate surface area is 64.2 Å². The zero-order chi connectivity index (χ0) is 7.78. The monoisotopic (exact) mass is 141 g/mol. The van der Waals surface area contributed by atoms with Crippen molar-refractivity contribution in [2.75, 3.05) is 6.54 Å². The van der Waals surface area contributed by atoms with Crippen molar-refractivity contribution in [2.24, 2.45) is 11.3 Å². The van der Waals surface area contributed by atoms with E-state index in [4.69, 9.17) is 0 Å². The first kappa shape index (κ1) is 8.06. The molecule has 0 spiro atoms. The summed E-state index contributed by atoms with van der Waals surface area (Å²) in [4.78, 5) is 0. The molecule has 1 aliphatic heterocycles. The molecule has 1 fully saturated rings. The lowest BCUT2D eigenvalue weighted by molar-refractivity contribution is 0.291. The Morgan fingerprint density at radius 1 is 1.30 bits per heavy atom. The van der Waals surface area contributed by atoms with Crippen molar-refractivity contribution in [1.29, 1.82) is 0 Å². The highest BCUT2D eigenvalue weighted by Crippen LogP contribution is 2.28. The van der Waals surface area contributed by atoms with Gasteiger partial charge in [-0.05, 0) is 24.3 Å². The van der Waals surface area contributed by atoms with Crippen molar-refractivity contribution in [3.8, 4) is 0 Å². The fourth-order valence-corrected chi connectivity index (χ4v) is 1.57. The highest BCUT2D eigenvalue weighted by atomic mass is 15.0. The topological polar surface area (TPSA) is 12.0 Å². The molecule has 0 saturated carbocycles. The van der Waals surface area contributed by atoms with E-state index in [1.165, 1.54) is 13.0 Å². The van der Waals surface area contributed by atoms with Crippen LogP contribution >= 0.6 is 0 Å². The average molecular weight is 141 g/mol. The van der Waals surface area contributed by atoms with Crippen LogP contribution in [-0.4, -0.2) is 12.6 Å². The summed E-state index contributed by atoms with van der Waals surface area (Å²) in [5.74, 6) is 0.879. The van der Waals surface area contributed by atoms with Crippen LogP contribution in [0.4, 0.5) is 0 Å². The highest BCUT2D eigenvalue weighted by molar-refractivity contribution is 4.87. The van der Waals surface area contributed by atoms with Crippen molar-refractivity contribution in [2.45, 2.75) is 40.2 Å². The molecule has 1 rings (SSSR count). The predicted molar refractivity (Wildman–Crippen MR) is 45.0 cm³/mol. The normalized spacial score (nSPS) is 34.8. The second-order valence-corrected chi connectivity index (χ2v) is 4.67. The molecule has 1 aliphatic rings. The van der Waals surface area contributed by atoms with E-state index in [0.717, 1.165) is 12.0 Å². The lowest BCUT2D eigenvalue weighted by Crippen LogP contribution is -2.34. The fourth-order valence-electron chi connectivity index (χ4n) is 1.57. The smallest absolute Gasteiger partial charge is 0.0119 e. The van der Waals surface area contributed by atoms with Gasteiger partial charge in [0, 0.05) is 6.04 Å². The lowest BCUT2D eigenvalue weighted by atomic mass is 9.85. The third-order valence-electron chi connectivity index (χ3n) is 2.40. The summed E-state index contributed by atoms with van der Waals surface area (Å²) in [5, 5.41) is 3.55. The lowest BCUT2D eigenvalue weighted by Gasteiger charge is -2.26. The summed E-state index contributed by atoms with van der Waals surface area (Å²) in [6.45, 7) is 10.5. The predicted octanol–water partition coefficient (Wildman–Crippen LogP) is 2.03. The molecule has 0 aliphatic carbocycles. The van der Waals surface area contributed by atoms with Gasteiger partial charge in [-0.15, -0.1) is 0 Å². The van der Waals surface area contributed by atoms with Gasteiger partial charge < -0.3 is 5.32 Å². The van der Waals surface area contributed by atoms with Crippen LogP contribution in [0.5, 0.6) is 0 Å². The van der Waals surface area contributed by atoms with E-state index >= 15 is 0 Å². The largest absolute Gasteiger partial charge is 0.313 e. The van der Waals surface area contributed by atoms with E-state index in [1.807, 2.05) is 0 Å². The molecule has 60 valence electrons. The summed E-state index contributed by atoms with van der Waals surface area (Å²) in [5.41, 5.74) is 0.449. The molecule has 0 aromatic carbocycles. The van der Waals surface area contributed by atoms with Crippen LogP contribution < -0.4 is 5.32 Å². The van der Waals surface area contributed by atoms with Gasteiger partial charge in [-0.25, -0.2) is 0 Å². The van der Waals surface area contributed by atoms with Crippen LogP contribution in [0.3, 0.4) is 0 Å². The Balaban J connectivity index is 2.45. The van der Waals surface area contributed by atoms with Crippen LogP contribution in [0.1, 0.15) is 34.1 Å². The van der Waals surface area contributed by atoms with Crippen molar-refractivity contribution >= 4 is 0 Å². The summed E-state index contributed by atoms with van der Waals surface area (Å²) in [6.07, 6.45) is 1.35. The van der Waals surface area contributed by atoms with Gasteiger partial charge >= 0.3 is 0 Å². The molecule has 0 aromatic heterocycles. The maximum absolute atomic E-state index is 3.55. The first-order valence-corrected chi connectivity index (χ1v) is 4.23. The third kappa shape index (κ3) is 1.72. The molecule has 1 nitrogen and oxygen atoms in total. The molecule has 0 radical (unpaired) electrons. The van der Waals surface area contributed by atoms with Crippen molar-refractivity contribution in [1.82, 2.24) is 5.32 Å². The zero-order valence-corrected chi connectivity index (χ0v) is 7.57. The number of nitrogens with one attached hydrogen (secondary N) is 1. The van der Waals surface area contributed by atoms with Crippen LogP contribution in [0.2, 0.25) is 0 Å².